The Labute approximate surface area is 99.0 Å². The number of rotatable bonds is 3. The summed E-state index contributed by atoms with van der Waals surface area (Å²) in [6, 6.07) is 6.75. The van der Waals surface area contributed by atoms with Gasteiger partial charge in [0.1, 0.15) is 0 Å². The molecule has 1 aromatic rings. The average Bonchev–Trinajstić information content (AvgIpc) is 2.53. The molecule has 0 N–H and O–H groups in total. The molecule has 0 spiro atoms. The van der Waals surface area contributed by atoms with Gasteiger partial charge >= 0.3 is 0 Å². The monoisotopic (exact) mass is 237 g/mol. The van der Waals surface area contributed by atoms with E-state index in [4.69, 9.17) is 11.6 Å². The molecule has 0 aromatic heterocycles. The molecule has 4 heteroatoms. The molecular weight excluding hydrogens is 226 g/mol. The normalized spacial score (nSPS) is 16.5. The summed E-state index contributed by atoms with van der Waals surface area (Å²) < 4.78 is 0. The topological polar surface area (TPSA) is 37.4 Å². The van der Waals surface area contributed by atoms with Crippen molar-refractivity contribution in [1.82, 2.24) is 4.90 Å². The molecule has 0 saturated carbocycles. The molecule has 1 aromatic carbocycles. The van der Waals surface area contributed by atoms with Crippen molar-refractivity contribution in [2.45, 2.75) is 19.4 Å². The molecule has 2 rings (SSSR count). The molecule has 1 unspecified atom stereocenters. The van der Waals surface area contributed by atoms with Crippen LogP contribution in [0.15, 0.2) is 24.3 Å². The third-order valence-corrected chi connectivity index (χ3v) is 3.01. The van der Waals surface area contributed by atoms with Crippen LogP contribution in [0.3, 0.4) is 0 Å². The van der Waals surface area contributed by atoms with E-state index < -0.39 is 0 Å². The highest BCUT2D eigenvalue weighted by Gasteiger charge is 2.37. The van der Waals surface area contributed by atoms with E-state index in [1.807, 2.05) is 6.92 Å². The Morgan fingerprint density at radius 1 is 1.19 bits per heavy atom. The lowest BCUT2D eigenvalue weighted by atomic mass is 10.1. The third-order valence-electron chi connectivity index (χ3n) is 2.79. The van der Waals surface area contributed by atoms with Crippen molar-refractivity contribution in [3.63, 3.8) is 0 Å². The predicted octanol–water partition coefficient (Wildman–Crippen LogP) is 2.30. The Morgan fingerprint density at radius 3 is 2.12 bits per heavy atom. The summed E-state index contributed by atoms with van der Waals surface area (Å²) in [6.45, 7) is 1.84. The van der Waals surface area contributed by atoms with Crippen LogP contribution in [0, 0.1) is 0 Å². The fraction of sp³-hybridized carbons (Fsp3) is 0.333. The van der Waals surface area contributed by atoms with Crippen LogP contribution in [-0.2, 0) is 0 Å². The van der Waals surface area contributed by atoms with Gasteiger partial charge in [-0.25, -0.2) is 0 Å². The zero-order valence-electron chi connectivity index (χ0n) is 8.94. The van der Waals surface area contributed by atoms with E-state index in [0.29, 0.717) is 23.4 Å². The quantitative estimate of drug-likeness (QED) is 0.598. The Bertz CT molecular complexity index is 409. The largest absolute Gasteiger partial charge is 0.271 e. The van der Waals surface area contributed by atoms with Gasteiger partial charge in [0.05, 0.1) is 11.1 Å². The number of fused-ring (bicyclic) bond motifs is 1. The van der Waals surface area contributed by atoms with E-state index in [1.165, 1.54) is 4.90 Å². The lowest BCUT2D eigenvalue weighted by Crippen LogP contribution is -2.38. The van der Waals surface area contributed by atoms with E-state index in [2.05, 4.69) is 0 Å². The second-order valence-electron chi connectivity index (χ2n) is 3.85. The highest BCUT2D eigenvalue weighted by Crippen LogP contribution is 2.25. The second-order valence-corrected chi connectivity index (χ2v) is 4.23. The van der Waals surface area contributed by atoms with Crippen LogP contribution in [0.1, 0.15) is 34.1 Å². The van der Waals surface area contributed by atoms with E-state index in [9.17, 15) is 9.59 Å². The highest BCUT2D eigenvalue weighted by atomic mass is 35.5. The van der Waals surface area contributed by atoms with Gasteiger partial charge in [-0.2, -0.15) is 0 Å². The molecule has 84 valence electrons. The van der Waals surface area contributed by atoms with Gasteiger partial charge in [-0.3, -0.25) is 14.5 Å². The molecule has 0 bridgehead atoms. The molecule has 1 atom stereocenters. The van der Waals surface area contributed by atoms with Crippen molar-refractivity contribution in [3.05, 3.63) is 35.4 Å². The molecule has 3 nitrogen and oxygen atoms in total. The first-order valence-corrected chi connectivity index (χ1v) is 5.73. The summed E-state index contributed by atoms with van der Waals surface area (Å²) in [5, 5.41) is 0. The molecule has 16 heavy (non-hydrogen) atoms. The SMILES string of the molecule is CC(CCCl)N1C(=O)c2ccccc2C1=O. The van der Waals surface area contributed by atoms with Crippen LogP contribution in [0.4, 0.5) is 0 Å². The number of benzene rings is 1. The smallest absolute Gasteiger partial charge is 0.261 e. The van der Waals surface area contributed by atoms with Crippen LogP contribution < -0.4 is 0 Å². The van der Waals surface area contributed by atoms with Crippen LogP contribution in [0.2, 0.25) is 0 Å². The van der Waals surface area contributed by atoms with Gasteiger partial charge in [-0.15, -0.1) is 11.6 Å². The molecule has 2 amide bonds. The zero-order chi connectivity index (χ0) is 11.7. The van der Waals surface area contributed by atoms with E-state index in [0.717, 1.165) is 0 Å². The van der Waals surface area contributed by atoms with Crippen molar-refractivity contribution in [2.24, 2.45) is 0 Å². The molecular formula is C12H12ClNO2. The van der Waals surface area contributed by atoms with E-state index in [-0.39, 0.29) is 17.9 Å². The van der Waals surface area contributed by atoms with Crippen molar-refractivity contribution in [3.8, 4) is 0 Å². The number of imide groups is 1. The molecule has 0 radical (unpaired) electrons. The van der Waals surface area contributed by atoms with Crippen molar-refractivity contribution < 1.29 is 9.59 Å². The fourth-order valence-electron chi connectivity index (χ4n) is 1.90. The van der Waals surface area contributed by atoms with Crippen molar-refractivity contribution >= 4 is 23.4 Å². The average molecular weight is 238 g/mol. The Morgan fingerprint density at radius 2 is 1.69 bits per heavy atom. The first-order chi connectivity index (χ1) is 7.66. The predicted molar refractivity (Wildman–Crippen MR) is 61.7 cm³/mol. The number of nitrogens with zero attached hydrogens (tertiary/aromatic N) is 1. The molecule has 0 aliphatic carbocycles. The highest BCUT2D eigenvalue weighted by molar-refractivity contribution is 6.21. The van der Waals surface area contributed by atoms with Gasteiger partial charge in [-0.1, -0.05) is 12.1 Å². The summed E-state index contributed by atoms with van der Waals surface area (Å²) >= 11 is 5.63. The number of hydrogen-bond acceptors (Lipinski definition) is 2. The molecule has 1 heterocycles. The molecule has 0 saturated heterocycles. The van der Waals surface area contributed by atoms with E-state index >= 15 is 0 Å². The molecule has 0 fully saturated rings. The number of carbonyl (C=O) groups excluding carboxylic acids is 2. The Kier molecular flexibility index (Phi) is 2.97. The maximum absolute atomic E-state index is 12.0. The fourth-order valence-corrected chi connectivity index (χ4v) is 2.21. The summed E-state index contributed by atoms with van der Waals surface area (Å²) in [5.41, 5.74) is 0.989. The summed E-state index contributed by atoms with van der Waals surface area (Å²) in [4.78, 5) is 25.3. The Hall–Kier alpha value is -1.35. The maximum atomic E-state index is 12.0. The second kappa shape index (κ2) is 4.26. The summed E-state index contributed by atoms with van der Waals surface area (Å²) in [6.07, 6.45) is 0.618. The van der Waals surface area contributed by atoms with Gasteiger partial charge in [-0.05, 0) is 25.5 Å². The van der Waals surface area contributed by atoms with Crippen molar-refractivity contribution in [1.29, 1.82) is 0 Å². The van der Waals surface area contributed by atoms with Gasteiger partial charge in [0, 0.05) is 11.9 Å². The van der Waals surface area contributed by atoms with E-state index in [1.54, 1.807) is 24.3 Å². The molecule has 1 aliphatic heterocycles. The number of alkyl halides is 1. The van der Waals surface area contributed by atoms with Gasteiger partial charge in [0.15, 0.2) is 0 Å². The van der Waals surface area contributed by atoms with Crippen LogP contribution in [0.25, 0.3) is 0 Å². The number of halogens is 1. The van der Waals surface area contributed by atoms with Gasteiger partial charge < -0.3 is 0 Å². The molecule has 1 aliphatic rings. The van der Waals surface area contributed by atoms with Crippen LogP contribution in [0.5, 0.6) is 0 Å². The third kappa shape index (κ3) is 1.61. The Balaban J connectivity index is 2.35. The maximum Gasteiger partial charge on any atom is 0.261 e. The lowest BCUT2D eigenvalue weighted by Gasteiger charge is -2.21. The van der Waals surface area contributed by atoms with Crippen molar-refractivity contribution in [2.75, 3.05) is 5.88 Å². The first-order valence-electron chi connectivity index (χ1n) is 5.19. The van der Waals surface area contributed by atoms with Gasteiger partial charge in [0.25, 0.3) is 11.8 Å². The standard InChI is InChI=1S/C12H12ClNO2/c1-8(6-7-13)14-11(15)9-4-2-3-5-10(9)12(14)16/h2-5,8H,6-7H2,1H3. The number of amides is 2. The lowest BCUT2D eigenvalue weighted by molar-refractivity contribution is 0.0594. The number of carbonyl (C=O) groups is 2. The first kappa shape index (κ1) is 11.1. The van der Waals surface area contributed by atoms with Crippen LogP contribution >= 0.6 is 11.6 Å². The minimum atomic E-state index is -0.210. The number of hydrogen-bond donors (Lipinski definition) is 0. The van der Waals surface area contributed by atoms with Crippen LogP contribution in [-0.4, -0.2) is 28.6 Å². The van der Waals surface area contributed by atoms with Gasteiger partial charge in [0.2, 0.25) is 0 Å². The minimum absolute atomic E-state index is 0.148. The summed E-state index contributed by atoms with van der Waals surface area (Å²) in [7, 11) is 0. The zero-order valence-corrected chi connectivity index (χ0v) is 9.70. The minimum Gasteiger partial charge on any atom is -0.271 e. The summed E-state index contributed by atoms with van der Waals surface area (Å²) in [5.74, 6) is 0.0191.